The summed E-state index contributed by atoms with van der Waals surface area (Å²) in [6.07, 6.45) is 1.69. The third-order valence-corrected chi connectivity index (χ3v) is 5.58. The Morgan fingerprint density at radius 2 is 1.74 bits per heavy atom. The number of nitrogens with one attached hydrogen (secondary N) is 1. The Kier molecular flexibility index (Phi) is 6.31. The smallest absolute Gasteiger partial charge is 0.317 e. The number of pyridine rings is 1. The predicted molar refractivity (Wildman–Crippen MR) is 105 cm³/mol. The van der Waals surface area contributed by atoms with Gasteiger partial charge in [-0.2, -0.15) is 0 Å². The van der Waals surface area contributed by atoms with Gasteiger partial charge in [-0.15, -0.1) is 0 Å². The summed E-state index contributed by atoms with van der Waals surface area (Å²) in [4.78, 5) is 36.0. The molecule has 0 unspecified atom stereocenters. The number of aryl methyl sites for hydroxylation is 1. The van der Waals surface area contributed by atoms with Gasteiger partial charge in [0.25, 0.3) is 5.91 Å². The zero-order valence-electron chi connectivity index (χ0n) is 16.7. The first-order valence-corrected chi connectivity index (χ1v) is 9.97. The number of piperidine rings is 1. The number of rotatable bonds is 3. The van der Waals surface area contributed by atoms with Crippen LogP contribution in [0.5, 0.6) is 0 Å². The molecule has 3 amide bonds. The van der Waals surface area contributed by atoms with Crippen LogP contribution in [0.3, 0.4) is 0 Å². The Morgan fingerprint density at radius 1 is 1.07 bits per heavy atom. The lowest BCUT2D eigenvalue weighted by molar-refractivity contribution is 0.0661. The van der Waals surface area contributed by atoms with E-state index >= 15 is 0 Å². The van der Waals surface area contributed by atoms with E-state index in [-0.39, 0.29) is 17.9 Å². The molecule has 3 rings (SSSR count). The van der Waals surface area contributed by atoms with Crippen LogP contribution in [0.2, 0.25) is 0 Å². The number of likely N-dealkylation sites (tertiary alicyclic amines) is 1. The fraction of sp³-hybridized carbons (Fsp3) is 0.650. The van der Waals surface area contributed by atoms with E-state index in [2.05, 4.69) is 17.3 Å². The van der Waals surface area contributed by atoms with Crippen molar-refractivity contribution >= 4 is 11.9 Å². The molecule has 0 radical (unpaired) electrons. The van der Waals surface area contributed by atoms with Crippen LogP contribution >= 0.6 is 0 Å². The number of hydrogen-bond acceptors (Lipinski definition) is 4. The van der Waals surface area contributed by atoms with Gasteiger partial charge in [0.05, 0.1) is 11.3 Å². The van der Waals surface area contributed by atoms with E-state index < -0.39 is 0 Å². The molecule has 27 heavy (non-hydrogen) atoms. The lowest BCUT2D eigenvalue weighted by Crippen LogP contribution is -2.47. The van der Waals surface area contributed by atoms with Crippen molar-refractivity contribution in [2.45, 2.75) is 32.6 Å². The van der Waals surface area contributed by atoms with Gasteiger partial charge in [0, 0.05) is 57.4 Å². The standard InChI is InChI=1S/C20H31N5O2/c1-4-21-20(27)25-9-7-16(8-10-25)18-17(6-5-15(2)22-18)19(26)24-13-11-23(3)12-14-24/h5-6,16H,4,7-14H2,1-3H3,(H,21,27). The highest BCUT2D eigenvalue weighted by Gasteiger charge is 2.29. The Morgan fingerprint density at radius 3 is 2.37 bits per heavy atom. The zero-order chi connectivity index (χ0) is 19.4. The number of piperazine rings is 1. The average molecular weight is 374 g/mol. The maximum absolute atomic E-state index is 13.1. The van der Waals surface area contributed by atoms with Gasteiger partial charge in [0.1, 0.15) is 0 Å². The SMILES string of the molecule is CCNC(=O)N1CCC(c2nc(C)ccc2C(=O)N2CCN(C)CC2)CC1. The highest BCUT2D eigenvalue weighted by molar-refractivity contribution is 5.95. The number of aromatic nitrogens is 1. The first-order chi connectivity index (χ1) is 13.0. The largest absolute Gasteiger partial charge is 0.338 e. The summed E-state index contributed by atoms with van der Waals surface area (Å²) in [6, 6.07) is 3.87. The number of likely N-dealkylation sites (N-methyl/N-ethyl adjacent to an activating group) is 1. The molecule has 1 aromatic heterocycles. The minimum atomic E-state index is 0.00175. The molecular formula is C20H31N5O2. The molecule has 7 nitrogen and oxygen atoms in total. The Balaban J connectivity index is 1.73. The number of carbonyl (C=O) groups is 2. The molecule has 7 heteroatoms. The average Bonchev–Trinajstić information content (AvgIpc) is 2.68. The van der Waals surface area contributed by atoms with Gasteiger partial charge in [-0.3, -0.25) is 9.78 Å². The van der Waals surface area contributed by atoms with Crippen LogP contribution in [0.4, 0.5) is 4.79 Å². The van der Waals surface area contributed by atoms with Crippen molar-refractivity contribution in [3.8, 4) is 0 Å². The van der Waals surface area contributed by atoms with Crippen molar-refractivity contribution in [1.82, 2.24) is 25.0 Å². The molecule has 0 spiro atoms. The molecule has 2 fully saturated rings. The molecule has 2 aliphatic rings. The lowest BCUT2D eigenvalue weighted by Gasteiger charge is -2.34. The van der Waals surface area contributed by atoms with Crippen LogP contribution in [-0.2, 0) is 0 Å². The molecule has 3 heterocycles. The van der Waals surface area contributed by atoms with Crippen LogP contribution in [0.15, 0.2) is 12.1 Å². The zero-order valence-corrected chi connectivity index (χ0v) is 16.7. The highest BCUT2D eigenvalue weighted by Crippen LogP contribution is 2.30. The van der Waals surface area contributed by atoms with Crippen molar-refractivity contribution < 1.29 is 9.59 Å². The third kappa shape index (κ3) is 4.58. The van der Waals surface area contributed by atoms with Gasteiger partial charge in [0.2, 0.25) is 0 Å². The minimum absolute atomic E-state index is 0.00175. The predicted octanol–water partition coefficient (Wildman–Crippen LogP) is 1.69. The van der Waals surface area contributed by atoms with Gasteiger partial charge in [-0.05, 0) is 45.9 Å². The number of nitrogens with zero attached hydrogens (tertiary/aromatic N) is 4. The molecule has 0 aromatic carbocycles. The number of hydrogen-bond donors (Lipinski definition) is 1. The fourth-order valence-corrected chi connectivity index (χ4v) is 3.87. The Bertz CT molecular complexity index is 677. The summed E-state index contributed by atoms with van der Waals surface area (Å²) in [5, 5.41) is 2.86. The lowest BCUT2D eigenvalue weighted by atomic mass is 9.89. The summed E-state index contributed by atoms with van der Waals surface area (Å²) in [5.41, 5.74) is 2.59. The minimum Gasteiger partial charge on any atom is -0.338 e. The normalized spacial score (nSPS) is 19.2. The fourth-order valence-electron chi connectivity index (χ4n) is 3.87. The van der Waals surface area contributed by atoms with E-state index in [9.17, 15) is 9.59 Å². The number of carbonyl (C=O) groups excluding carboxylic acids is 2. The van der Waals surface area contributed by atoms with Gasteiger partial charge in [-0.25, -0.2) is 4.79 Å². The molecular weight excluding hydrogens is 342 g/mol. The van der Waals surface area contributed by atoms with E-state index in [1.54, 1.807) is 0 Å². The molecule has 0 aliphatic carbocycles. The van der Waals surface area contributed by atoms with Crippen molar-refractivity contribution in [1.29, 1.82) is 0 Å². The van der Waals surface area contributed by atoms with E-state index in [1.807, 2.05) is 35.8 Å². The van der Waals surface area contributed by atoms with Crippen molar-refractivity contribution in [3.05, 3.63) is 29.1 Å². The second kappa shape index (κ2) is 8.69. The molecule has 1 N–H and O–H groups in total. The maximum Gasteiger partial charge on any atom is 0.317 e. The topological polar surface area (TPSA) is 68.8 Å². The first kappa shape index (κ1) is 19.6. The van der Waals surface area contributed by atoms with Crippen LogP contribution < -0.4 is 5.32 Å². The molecule has 2 aliphatic heterocycles. The number of urea groups is 1. The monoisotopic (exact) mass is 373 g/mol. The Hall–Kier alpha value is -2.15. The highest BCUT2D eigenvalue weighted by atomic mass is 16.2. The van der Waals surface area contributed by atoms with E-state index in [4.69, 9.17) is 4.98 Å². The number of amides is 3. The summed E-state index contributed by atoms with van der Waals surface area (Å²) in [7, 11) is 2.09. The summed E-state index contributed by atoms with van der Waals surface area (Å²) >= 11 is 0. The van der Waals surface area contributed by atoms with Crippen LogP contribution in [0.25, 0.3) is 0 Å². The molecule has 148 valence electrons. The molecule has 2 saturated heterocycles. The molecule has 1 aromatic rings. The summed E-state index contributed by atoms with van der Waals surface area (Å²) in [6.45, 7) is 9.28. The third-order valence-electron chi connectivity index (χ3n) is 5.58. The van der Waals surface area contributed by atoms with Gasteiger partial charge in [0.15, 0.2) is 0 Å². The molecule has 0 atom stereocenters. The summed E-state index contributed by atoms with van der Waals surface area (Å²) in [5.74, 6) is 0.318. The van der Waals surface area contributed by atoms with Crippen molar-refractivity contribution in [3.63, 3.8) is 0 Å². The quantitative estimate of drug-likeness (QED) is 0.875. The second-order valence-corrected chi connectivity index (χ2v) is 7.58. The van der Waals surface area contributed by atoms with Gasteiger partial charge in [-0.1, -0.05) is 0 Å². The summed E-state index contributed by atoms with van der Waals surface area (Å²) < 4.78 is 0. The maximum atomic E-state index is 13.1. The van der Waals surface area contributed by atoms with Gasteiger partial charge < -0.3 is 20.0 Å². The van der Waals surface area contributed by atoms with Crippen molar-refractivity contribution in [2.75, 3.05) is 52.9 Å². The van der Waals surface area contributed by atoms with Crippen LogP contribution in [-0.4, -0.2) is 84.5 Å². The van der Waals surface area contributed by atoms with Crippen LogP contribution in [0.1, 0.15) is 47.4 Å². The van der Waals surface area contributed by atoms with Crippen molar-refractivity contribution in [2.24, 2.45) is 0 Å². The van der Waals surface area contributed by atoms with E-state index in [0.717, 1.165) is 56.0 Å². The van der Waals surface area contributed by atoms with Crippen LogP contribution in [0, 0.1) is 6.92 Å². The Labute approximate surface area is 161 Å². The van der Waals surface area contributed by atoms with E-state index in [0.29, 0.717) is 19.6 Å². The second-order valence-electron chi connectivity index (χ2n) is 7.58. The van der Waals surface area contributed by atoms with E-state index in [1.165, 1.54) is 0 Å². The molecule has 0 saturated carbocycles. The van der Waals surface area contributed by atoms with Gasteiger partial charge >= 0.3 is 6.03 Å². The molecule has 0 bridgehead atoms. The first-order valence-electron chi connectivity index (χ1n) is 9.97.